The molecule has 13 heavy (non-hydrogen) atoms. The first-order valence-electron chi connectivity index (χ1n) is 5.32. The van der Waals surface area contributed by atoms with Crippen LogP contribution in [-0.4, -0.2) is 13.1 Å². The third-order valence-corrected chi connectivity index (χ3v) is 5.13. The van der Waals surface area contributed by atoms with E-state index in [1.165, 1.54) is 39.2 Å². The Morgan fingerprint density at radius 2 is 2.15 bits per heavy atom. The Morgan fingerprint density at radius 1 is 1.31 bits per heavy atom. The van der Waals surface area contributed by atoms with Gasteiger partial charge in [0.2, 0.25) is 0 Å². The predicted octanol–water partition coefficient (Wildman–Crippen LogP) is 2.13. The third kappa shape index (κ3) is 0.628. The van der Waals surface area contributed by atoms with Gasteiger partial charge in [-0.2, -0.15) is 0 Å². The van der Waals surface area contributed by atoms with Crippen LogP contribution in [0.2, 0.25) is 0 Å². The number of hydrogen-bond donors (Lipinski definition) is 0. The maximum Gasteiger partial charge on any atom is 0.309 e. The van der Waals surface area contributed by atoms with Crippen LogP contribution < -0.4 is 0 Å². The van der Waals surface area contributed by atoms with E-state index >= 15 is 0 Å². The highest BCUT2D eigenvalue weighted by Crippen LogP contribution is 2.80. The van der Waals surface area contributed by atoms with Gasteiger partial charge in [0.1, 0.15) is 0 Å². The topological polar surface area (TPSA) is 26.3 Å². The van der Waals surface area contributed by atoms with Crippen LogP contribution in [0.1, 0.15) is 38.5 Å². The molecule has 0 radical (unpaired) electrons. The Labute approximate surface area is 78.6 Å². The van der Waals surface area contributed by atoms with Crippen molar-refractivity contribution in [3.05, 3.63) is 0 Å². The van der Waals surface area contributed by atoms with E-state index in [0.29, 0.717) is 10.8 Å². The summed E-state index contributed by atoms with van der Waals surface area (Å²) in [5.41, 5.74) is 1.02. The summed E-state index contributed by atoms with van der Waals surface area (Å²) in [5.74, 6) is 0.311. The first kappa shape index (κ1) is 7.84. The summed E-state index contributed by atoms with van der Waals surface area (Å²) in [6.07, 6.45) is 7.79. The van der Waals surface area contributed by atoms with Crippen LogP contribution in [0.15, 0.2) is 0 Å². The molecule has 0 bridgehead atoms. The highest BCUT2D eigenvalue weighted by atomic mass is 16.5. The molecule has 3 atom stereocenters. The Morgan fingerprint density at radius 3 is 2.69 bits per heavy atom. The van der Waals surface area contributed by atoms with Crippen LogP contribution >= 0.6 is 0 Å². The molecule has 3 aliphatic carbocycles. The molecule has 0 aromatic rings. The quantitative estimate of drug-likeness (QED) is 0.578. The van der Waals surface area contributed by atoms with Gasteiger partial charge in [-0.1, -0.05) is 6.42 Å². The summed E-state index contributed by atoms with van der Waals surface area (Å²) in [4.78, 5) is 11.5. The molecule has 0 unspecified atom stereocenters. The Kier molecular flexibility index (Phi) is 1.27. The summed E-state index contributed by atoms with van der Waals surface area (Å²) in [6, 6.07) is 0. The molecule has 2 nitrogen and oxygen atoms in total. The number of rotatable bonds is 1. The lowest BCUT2D eigenvalue weighted by Gasteiger charge is -2.68. The standard InChI is InChI=1S/C11H16O2/c1-13-9(12)8-7-10-3-2-4-11(8,10)6-5-10/h8H,2-7H2,1H3/t8-,10+,11+/m1/s1. The van der Waals surface area contributed by atoms with E-state index in [9.17, 15) is 4.79 Å². The lowest BCUT2D eigenvalue weighted by Crippen LogP contribution is -2.64. The second kappa shape index (κ2) is 2.10. The molecule has 3 fully saturated rings. The van der Waals surface area contributed by atoms with Crippen molar-refractivity contribution in [2.75, 3.05) is 7.11 Å². The second-order valence-electron chi connectivity index (χ2n) is 5.07. The van der Waals surface area contributed by atoms with Gasteiger partial charge >= 0.3 is 5.97 Å². The van der Waals surface area contributed by atoms with E-state index in [0.717, 1.165) is 6.42 Å². The molecule has 3 aliphatic rings. The molecule has 0 aliphatic heterocycles. The number of hydrogen-bond acceptors (Lipinski definition) is 2. The van der Waals surface area contributed by atoms with E-state index in [1.54, 1.807) is 0 Å². The highest BCUT2D eigenvalue weighted by molar-refractivity contribution is 5.76. The molecule has 3 rings (SSSR count). The fraction of sp³-hybridized carbons (Fsp3) is 0.909. The molecule has 3 saturated carbocycles. The smallest absolute Gasteiger partial charge is 0.309 e. The molecule has 0 saturated heterocycles. The Balaban J connectivity index is 1.87. The van der Waals surface area contributed by atoms with E-state index in [2.05, 4.69) is 0 Å². The maximum absolute atomic E-state index is 11.5. The van der Waals surface area contributed by atoms with Crippen LogP contribution in [-0.2, 0) is 9.53 Å². The lowest BCUT2D eigenvalue weighted by atomic mass is 9.35. The fourth-order valence-electron chi connectivity index (χ4n) is 4.34. The number of methoxy groups -OCH3 is 1. The van der Waals surface area contributed by atoms with Gasteiger partial charge in [0.15, 0.2) is 0 Å². The fourth-order valence-corrected chi connectivity index (χ4v) is 4.34. The summed E-state index contributed by atoms with van der Waals surface area (Å²) in [5, 5.41) is 0. The zero-order valence-corrected chi connectivity index (χ0v) is 8.14. The van der Waals surface area contributed by atoms with Crippen LogP contribution in [0.25, 0.3) is 0 Å². The average molecular weight is 180 g/mol. The summed E-state index contributed by atoms with van der Waals surface area (Å²) >= 11 is 0. The van der Waals surface area contributed by atoms with Crippen molar-refractivity contribution in [2.24, 2.45) is 16.7 Å². The van der Waals surface area contributed by atoms with Crippen LogP contribution in [0.5, 0.6) is 0 Å². The number of esters is 1. The van der Waals surface area contributed by atoms with Gasteiger partial charge in [-0.05, 0) is 42.9 Å². The highest BCUT2D eigenvalue weighted by Gasteiger charge is 2.74. The molecule has 0 aromatic heterocycles. The third-order valence-electron chi connectivity index (χ3n) is 5.13. The molecule has 0 heterocycles. The van der Waals surface area contributed by atoms with Gasteiger partial charge in [-0.15, -0.1) is 0 Å². The maximum atomic E-state index is 11.5. The molecular formula is C11H16O2. The largest absolute Gasteiger partial charge is 0.469 e. The lowest BCUT2D eigenvalue weighted by molar-refractivity contribution is -0.222. The molecule has 72 valence electrons. The van der Waals surface area contributed by atoms with Gasteiger partial charge < -0.3 is 4.74 Å². The molecule has 0 aromatic carbocycles. The molecule has 0 spiro atoms. The minimum Gasteiger partial charge on any atom is -0.469 e. The first-order chi connectivity index (χ1) is 6.24. The van der Waals surface area contributed by atoms with Gasteiger partial charge in [0, 0.05) is 0 Å². The first-order valence-corrected chi connectivity index (χ1v) is 5.32. The van der Waals surface area contributed by atoms with Gasteiger partial charge in [-0.3, -0.25) is 4.79 Å². The normalized spacial score (nSPS) is 51.3. The second-order valence-corrected chi connectivity index (χ2v) is 5.07. The van der Waals surface area contributed by atoms with Crippen LogP contribution in [0.4, 0.5) is 0 Å². The Bertz CT molecular complexity index is 273. The van der Waals surface area contributed by atoms with Gasteiger partial charge in [0.05, 0.1) is 13.0 Å². The van der Waals surface area contributed by atoms with Crippen molar-refractivity contribution >= 4 is 5.97 Å². The summed E-state index contributed by atoms with van der Waals surface area (Å²) < 4.78 is 4.87. The van der Waals surface area contributed by atoms with Crippen LogP contribution in [0.3, 0.4) is 0 Å². The SMILES string of the molecule is COC(=O)[C@H]1C[C@@]23CCC[C@]12CC3. The minimum absolute atomic E-state index is 0.0530. The number of carbonyl (C=O) groups excluding carboxylic acids is 1. The molecular weight excluding hydrogens is 164 g/mol. The van der Waals surface area contributed by atoms with Crippen LogP contribution in [0, 0.1) is 16.7 Å². The van der Waals surface area contributed by atoms with Crippen molar-refractivity contribution in [3.8, 4) is 0 Å². The monoisotopic (exact) mass is 180 g/mol. The zero-order valence-electron chi connectivity index (χ0n) is 8.14. The van der Waals surface area contributed by atoms with E-state index in [4.69, 9.17) is 4.74 Å². The predicted molar refractivity (Wildman–Crippen MR) is 48.1 cm³/mol. The van der Waals surface area contributed by atoms with Gasteiger partial charge in [0.25, 0.3) is 0 Å². The van der Waals surface area contributed by atoms with Crippen molar-refractivity contribution < 1.29 is 9.53 Å². The van der Waals surface area contributed by atoms with Crippen molar-refractivity contribution in [3.63, 3.8) is 0 Å². The van der Waals surface area contributed by atoms with Crippen molar-refractivity contribution in [1.29, 1.82) is 0 Å². The van der Waals surface area contributed by atoms with E-state index < -0.39 is 0 Å². The minimum atomic E-state index is 0.0530. The number of ether oxygens (including phenoxy) is 1. The molecule has 2 heteroatoms. The molecule has 0 amide bonds. The van der Waals surface area contributed by atoms with Gasteiger partial charge in [-0.25, -0.2) is 0 Å². The van der Waals surface area contributed by atoms with E-state index in [-0.39, 0.29) is 11.9 Å². The summed E-state index contributed by atoms with van der Waals surface area (Å²) in [7, 11) is 1.52. The van der Waals surface area contributed by atoms with E-state index in [1.807, 2.05) is 0 Å². The average Bonchev–Trinajstić information content (AvgIpc) is 2.37. The van der Waals surface area contributed by atoms with Crippen molar-refractivity contribution in [2.45, 2.75) is 38.5 Å². The molecule has 0 N–H and O–H groups in total. The number of carbonyl (C=O) groups is 1. The summed E-state index contributed by atoms with van der Waals surface area (Å²) in [6.45, 7) is 0. The Hall–Kier alpha value is -0.530. The zero-order chi connectivity index (χ0) is 9.10. The van der Waals surface area contributed by atoms with Crippen molar-refractivity contribution in [1.82, 2.24) is 0 Å².